The molecule has 0 rings (SSSR count). The summed E-state index contributed by atoms with van der Waals surface area (Å²) in [5.74, 6) is 0. The molecule has 0 spiro atoms. The SMILES string of the molecule is CC(C)(CN)N=NC(C)(C)CN.O. The van der Waals surface area contributed by atoms with E-state index in [1.165, 1.54) is 0 Å². The second-order valence-electron chi connectivity index (χ2n) is 4.23. The van der Waals surface area contributed by atoms with Crippen LogP contribution in [0.1, 0.15) is 27.7 Å². The van der Waals surface area contributed by atoms with Crippen molar-refractivity contribution in [3.8, 4) is 0 Å². The van der Waals surface area contributed by atoms with E-state index >= 15 is 0 Å². The summed E-state index contributed by atoms with van der Waals surface area (Å²) in [5, 5.41) is 8.27. The third-order valence-electron chi connectivity index (χ3n) is 1.59. The van der Waals surface area contributed by atoms with E-state index in [9.17, 15) is 0 Å². The van der Waals surface area contributed by atoms with Gasteiger partial charge in [0.2, 0.25) is 0 Å². The van der Waals surface area contributed by atoms with Crippen molar-refractivity contribution in [3.05, 3.63) is 0 Å². The minimum Gasteiger partial charge on any atom is -0.412 e. The molecular weight excluding hydrogens is 168 g/mol. The molecule has 5 heteroatoms. The third kappa shape index (κ3) is 6.62. The zero-order chi connectivity index (χ0) is 9.83. The quantitative estimate of drug-likeness (QED) is 0.612. The molecular formula is C8H22N4O. The summed E-state index contributed by atoms with van der Waals surface area (Å²) in [6.45, 7) is 8.78. The second-order valence-corrected chi connectivity index (χ2v) is 4.23. The Morgan fingerprint density at radius 1 is 0.846 bits per heavy atom. The molecule has 0 unspecified atom stereocenters. The van der Waals surface area contributed by atoms with Crippen molar-refractivity contribution >= 4 is 0 Å². The van der Waals surface area contributed by atoms with Crippen LogP contribution < -0.4 is 11.5 Å². The van der Waals surface area contributed by atoms with Crippen LogP contribution in [0, 0.1) is 0 Å². The van der Waals surface area contributed by atoms with Crippen LogP contribution in [0.15, 0.2) is 10.2 Å². The van der Waals surface area contributed by atoms with E-state index in [0.29, 0.717) is 13.1 Å². The number of hydrogen-bond acceptors (Lipinski definition) is 4. The second kappa shape index (κ2) is 5.26. The first-order chi connectivity index (χ1) is 5.33. The Bertz CT molecular complexity index is 148. The zero-order valence-electron chi connectivity index (χ0n) is 8.96. The summed E-state index contributed by atoms with van der Waals surface area (Å²) < 4.78 is 0. The Morgan fingerprint density at radius 2 is 1.08 bits per heavy atom. The molecule has 0 fully saturated rings. The molecule has 0 amide bonds. The van der Waals surface area contributed by atoms with E-state index in [1.54, 1.807) is 0 Å². The van der Waals surface area contributed by atoms with E-state index < -0.39 is 0 Å². The number of nitrogens with zero attached hydrogens (tertiary/aromatic N) is 2. The topological polar surface area (TPSA) is 108 Å². The van der Waals surface area contributed by atoms with Gasteiger partial charge in [-0.3, -0.25) is 0 Å². The smallest absolute Gasteiger partial charge is 0.0881 e. The molecule has 6 N–H and O–H groups in total. The summed E-state index contributed by atoms with van der Waals surface area (Å²) in [4.78, 5) is 0. The minimum atomic E-state index is -0.271. The summed E-state index contributed by atoms with van der Waals surface area (Å²) >= 11 is 0. The fourth-order valence-corrected chi connectivity index (χ4v) is 0.352. The van der Waals surface area contributed by atoms with E-state index in [-0.39, 0.29) is 16.6 Å². The van der Waals surface area contributed by atoms with Crippen LogP contribution in [-0.4, -0.2) is 29.6 Å². The molecule has 0 aliphatic heterocycles. The molecule has 0 aliphatic rings. The maximum Gasteiger partial charge on any atom is 0.0881 e. The lowest BCUT2D eigenvalue weighted by Gasteiger charge is -2.20. The average molecular weight is 190 g/mol. The standard InChI is InChI=1S/C8H20N4.H2O/c1-7(2,5-9)11-12-8(3,4)6-10;/h5-6,9-10H2,1-4H3;1H2. The molecule has 13 heavy (non-hydrogen) atoms. The van der Waals surface area contributed by atoms with Gasteiger partial charge >= 0.3 is 0 Å². The molecule has 0 aromatic carbocycles. The van der Waals surface area contributed by atoms with Crippen molar-refractivity contribution in [1.82, 2.24) is 0 Å². The van der Waals surface area contributed by atoms with Crippen molar-refractivity contribution in [2.45, 2.75) is 38.8 Å². The van der Waals surface area contributed by atoms with Crippen molar-refractivity contribution in [2.75, 3.05) is 13.1 Å². The molecule has 0 heterocycles. The summed E-state index contributed by atoms with van der Waals surface area (Å²) in [6, 6.07) is 0. The highest BCUT2D eigenvalue weighted by Gasteiger charge is 2.18. The van der Waals surface area contributed by atoms with E-state index in [0.717, 1.165) is 0 Å². The number of hydrogen-bond donors (Lipinski definition) is 2. The molecule has 0 bridgehead atoms. The molecule has 0 saturated carbocycles. The minimum absolute atomic E-state index is 0. The van der Waals surface area contributed by atoms with Gasteiger partial charge in [-0.1, -0.05) is 0 Å². The van der Waals surface area contributed by atoms with Gasteiger partial charge in [-0.05, 0) is 27.7 Å². The summed E-state index contributed by atoms with van der Waals surface area (Å²) in [5.41, 5.74) is 10.4. The van der Waals surface area contributed by atoms with Crippen molar-refractivity contribution in [1.29, 1.82) is 0 Å². The number of rotatable bonds is 4. The van der Waals surface area contributed by atoms with E-state index in [1.807, 2.05) is 27.7 Å². The molecule has 0 aromatic heterocycles. The highest BCUT2D eigenvalue weighted by molar-refractivity contribution is 4.81. The Labute approximate surface area is 79.9 Å². The van der Waals surface area contributed by atoms with Crippen LogP contribution in [0.4, 0.5) is 0 Å². The van der Waals surface area contributed by atoms with Gasteiger partial charge in [0.05, 0.1) is 11.1 Å². The van der Waals surface area contributed by atoms with Crippen LogP contribution in [0.3, 0.4) is 0 Å². The van der Waals surface area contributed by atoms with Gasteiger partial charge in [-0.15, -0.1) is 0 Å². The van der Waals surface area contributed by atoms with Gasteiger partial charge < -0.3 is 16.9 Å². The van der Waals surface area contributed by atoms with Gasteiger partial charge in [-0.25, -0.2) is 0 Å². The fourth-order valence-electron chi connectivity index (χ4n) is 0.352. The first kappa shape index (κ1) is 15.0. The highest BCUT2D eigenvalue weighted by atomic mass is 16.0. The van der Waals surface area contributed by atoms with Gasteiger partial charge in [0, 0.05) is 13.1 Å². The van der Waals surface area contributed by atoms with Gasteiger partial charge in [0.1, 0.15) is 0 Å². The predicted molar refractivity (Wildman–Crippen MR) is 54.7 cm³/mol. The van der Waals surface area contributed by atoms with Crippen molar-refractivity contribution < 1.29 is 5.48 Å². The predicted octanol–water partition coefficient (Wildman–Crippen LogP) is 0.0885. The summed E-state index contributed by atoms with van der Waals surface area (Å²) in [7, 11) is 0. The molecule has 0 atom stereocenters. The van der Waals surface area contributed by atoms with E-state index in [4.69, 9.17) is 11.5 Å². The number of nitrogens with two attached hydrogens (primary N) is 2. The zero-order valence-corrected chi connectivity index (χ0v) is 8.96. The van der Waals surface area contributed by atoms with Gasteiger partial charge in [-0.2, -0.15) is 10.2 Å². The van der Waals surface area contributed by atoms with Crippen molar-refractivity contribution in [2.24, 2.45) is 21.7 Å². The Balaban J connectivity index is 0. The van der Waals surface area contributed by atoms with Crippen LogP contribution in [0.25, 0.3) is 0 Å². The molecule has 0 aromatic rings. The third-order valence-corrected chi connectivity index (χ3v) is 1.59. The van der Waals surface area contributed by atoms with Crippen LogP contribution >= 0.6 is 0 Å². The largest absolute Gasteiger partial charge is 0.412 e. The maximum atomic E-state index is 5.49. The molecule has 0 radical (unpaired) electrons. The monoisotopic (exact) mass is 190 g/mol. The van der Waals surface area contributed by atoms with Crippen LogP contribution in [-0.2, 0) is 0 Å². The average Bonchev–Trinajstić information content (AvgIpc) is 2.02. The number of azo groups is 1. The van der Waals surface area contributed by atoms with Crippen LogP contribution in [0.5, 0.6) is 0 Å². The molecule has 80 valence electrons. The molecule has 0 aliphatic carbocycles. The van der Waals surface area contributed by atoms with Gasteiger partial charge in [0.25, 0.3) is 0 Å². The lowest BCUT2D eigenvalue weighted by Crippen LogP contribution is -2.32. The molecule has 0 saturated heterocycles. The van der Waals surface area contributed by atoms with Gasteiger partial charge in [0.15, 0.2) is 0 Å². The molecule has 5 nitrogen and oxygen atoms in total. The van der Waals surface area contributed by atoms with Crippen molar-refractivity contribution in [3.63, 3.8) is 0 Å². The lowest BCUT2D eigenvalue weighted by molar-refractivity contribution is 0.431. The maximum absolute atomic E-state index is 5.49. The normalized spacial score (nSPS) is 13.1. The highest BCUT2D eigenvalue weighted by Crippen LogP contribution is 2.13. The Morgan fingerprint density at radius 3 is 1.23 bits per heavy atom. The van der Waals surface area contributed by atoms with Crippen LogP contribution in [0.2, 0.25) is 0 Å². The first-order valence-corrected chi connectivity index (χ1v) is 4.17. The summed E-state index contributed by atoms with van der Waals surface area (Å²) in [6.07, 6.45) is 0. The lowest BCUT2D eigenvalue weighted by atomic mass is 10.1. The Kier molecular flexibility index (Phi) is 6.06. The van der Waals surface area contributed by atoms with E-state index in [2.05, 4.69) is 10.2 Å². The Hall–Kier alpha value is -0.520. The first-order valence-electron chi connectivity index (χ1n) is 4.17. The fraction of sp³-hybridized carbons (Fsp3) is 1.00.